The fourth-order valence-corrected chi connectivity index (χ4v) is 6.63. The molecule has 1 aliphatic heterocycles. The molecule has 1 fully saturated rings. The van der Waals surface area contributed by atoms with Crippen molar-refractivity contribution in [2.75, 3.05) is 18.8 Å². The second-order valence-electron chi connectivity index (χ2n) is 10.2. The van der Waals surface area contributed by atoms with Crippen LogP contribution in [0, 0.1) is 0 Å². The largest absolute Gasteiger partial charge is 0.416 e. The van der Waals surface area contributed by atoms with Gasteiger partial charge in [-0.25, -0.2) is 8.42 Å². The lowest BCUT2D eigenvalue weighted by atomic mass is 9.99. The molecule has 0 unspecified atom stereocenters. The highest BCUT2D eigenvalue weighted by Crippen LogP contribution is 2.37. The Hall–Kier alpha value is -2.86. The maximum atomic E-state index is 14.2. The van der Waals surface area contributed by atoms with E-state index < -0.39 is 27.5 Å². The minimum absolute atomic E-state index is 0.0216. The molecule has 2 aromatic carbocycles. The van der Waals surface area contributed by atoms with Crippen LogP contribution in [0.4, 0.5) is 13.2 Å². The van der Waals surface area contributed by atoms with Crippen molar-refractivity contribution < 1.29 is 31.2 Å². The highest BCUT2D eigenvalue weighted by molar-refractivity contribution is 7.91. The van der Waals surface area contributed by atoms with Gasteiger partial charge in [-0.1, -0.05) is 48.4 Å². The minimum Gasteiger partial charge on any atom is -0.348 e. The van der Waals surface area contributed by atoms with Crippen molar-refractivity contribution in [3.8, 4) is 0 Å². The molecular formula is C29H30Cl2F3N3O4S. The molecule has 1 saturated heterocycles. The van der Waals surface area contributed by atoms with Gasteiger partial charge in [0.25, 0.3) is 5.91 Å². The van der Waals surface area contributed by atoms with Crippen molar-refractivity contribution in [3.63, 3.8) is 0 Å². The number of hydrogen-bond donors (Lipinski definition) is 2. The maximum Gasteiger partial charge on any atom is 0.416 e. The first-order valence-electron chi connectivity index (χ1n) is 13.4. The Kier molecular flexibility index (Phi) is 10.1. The first kappa shape index (κ1) is 32.1. The Balaban J connectivity index is 1.51. The lowest BCUT2D eigenvalue weighted by Crippen LogP contribution is -2.47. The minimum atomic E-state index is -4.80. The normalized spacial score (nSPS) is 17.7. The lowest BCUT2D eigenvalue weighted by molar-refractivity contribution is -0.138. The summed E-state index contributed by atoms with van der Waals surface area (Å²) in [5.74, 6) is -1.22. The molecule has 13 heteroatoms. The smallest absolute Gasteiger partial charge is 0.348 e. The molecule has 42 heavy (non-hydrogen) atoms. The Morgan fingerprint density at radius 3 is 2.55 bits per heavy atom. The van der Waals surface area contributed by atoms with Gasteiger partial charge in [-0.3, -0.25) is 14.5 Å². The molecule has 7 nitrogen and oxygen atoms in total. The summed E-state index contributed by atoms with van der Waals surface area (Å²) in [6.07, 6.45) is 2.55. The lowest BCUT2D eigenvalue weighted by Gasteiger charge is -2.34. The van der Waals surface area contributed by atoms with Crippen LogP contribution in [0.2, 0.25) is 10.0 Å². The first-order valence-corrected chi connectivity index (χ1v) is 15.8. The molecule has 0 bridgehead atoms. The molecule has 1 heterocycles. The van der Waals surface area contributed by atoms with E-state index in [1.807, 2.05) is 6.08 Å². The molecular weight excluding hydrogens is 614 g/mol. The highest BCUT2D eigenvalue weighted by atomic mass is 35.5. The molecule has 2 aliphatic rings. The zero-order valence-electron chi connectivity index (χ0n) is 22.7. The van der Waals surface area contributed by atoms with Crippen molar-refractivity contribution >= 4 is 44.9 Å². The Morgan fingerprint density at radius 1 is 1.12 bits per heavy atom. The summed E-state index contributed by atoms with van der Waals surface area (Å²) in [6.45, 7) is 1.95. The monoisotopic (exact) mass is 643 g/mol. The van der Waals surface area contributed by atoms with Crippen LogP contribution in [0.25, 0.3) is 0 Å². The number of piperidine rings is 1. The van der Waals surface area contributed by atoms with Gasteiger partial charge in [0.2, 0.25) is 5.91 Å². The van der Waals surface area contributed by atoms with Gasteiger partial charge in [0, 0.05) is 46.9 Å². The Labute approximate surface area is 252 Å². The predicted molar refractivity (Wildman–Crippen MR) is 155 cm³/mol. The summed E-state index contributed by atoms with van der Waals surface area (Å²) in [7, 11) is -3.64. The maximum absolute atomic E-state index is 14.2. The van der Waals surface area contributed by atoms with Crippen LogP contribution in [0.15, 0.2) is 59.0 Å². The fraction of sp³-hybridized carbons (Fsp3) is 0.379. The third-order valence-electron chi connectivity index (χ3n) is 7.23. The Bertz CT molecular complexity index is 1540. The molecule has 2 N–H and O–H groups in total. The number of allylic oxidation sites excluding steroid dienone is 3. The molecule has 0 radical (unpaired) electrons. The van der Waals surface area contributed by atoms with Crippen LogP contribution in [0.5, 0.6) is 0 Å². The quantitative estimate of drug-likeness (QED) is 0.365. The van der Waals surface area contributed by atoms with Crippen molar-refractivity contribution in [1.29, 1.82) is 0 Å². The van der Waals surface area contributed by atoms with E-state index in [-0.39, 0.29) is 62.4 Å². The van der Waals surface area contributed by atoms with Gasteiger partial charge in [-0.15, -0.1) is 0 Å². The number of likely N-dealkylation sites (tertiary alicyclic amines) is 1. The number of carbonyl (C=O) groups is 2. The second kappa shape index (κ2) is 13.2. The standard InChI is InChI=1S/C29H30Cl2F3N3O4S/c1-2-42(40,41)26-10-9-21(30)12-20(26)15-35-27(38)19-13-24(29(32,33)34)23(25(31)14-19)17-37-11-5-8-22(16-37)36-28(39)18-6-3-4-7-18/h3-4,6,9-10,12-14,22H,2,5,7-8,11,15-17H2,1H3,(H,35,38)(H,36,39)/t22-/m0/s1. The van der Waals surface area contributed by atoms with Crippen molar-refractivity contribution in [2.45, 2.75) is 56.4 Å². The number of rotatable bonds is 9. The van der Waals surface area contributed by atoms with E-state index in [1.165, 1.54) is 31.2 Å². The summed E-state index contributed by atoms with van der Waals surface area (Å²) in [6, 6.07) is 5.83. The second-order valence-corrected chi connectivity index (χ2v) is 13.3. The van der Waals surface area contributed by atoms with Crippen LogP contribution in [-0.2, 0) is 33.9 Å². The first-order chi connectivity index (χ1) is 19.8. The van der Waals surface area contributed by atoms with Crippen LogP contribution in [-0.4, -0.2) is 50.0 Å². The number of carbonyl (C=O) groups excluding carboxylic acids is 2. The van der Waals surface area contributed by atoms with Crippen LogP contribution < -0.4 is 10.6 Å². The zero-order chi connectivity index (χ0) is 30.7. The number of amides is 2. The molecule has 4 rings (SSSR count). The van der Waals surface area contributed by atoms with E-state index in [0.29, 0.717) is 37.9 Å². The number of benzene rings is 2. The number of nitrogens with one attached hydrogen (secondary N) is 2. The summed E-state index contributed by atoms with van der Waals surface area (Å²) in [5.41, 5.74) is -0.669. The van der Waals surface area contributed by atoms with Gasteiger partial charge in [0.15, 0.2) is 9.84 Å². The number of alkyl halides is 3. The van der Waals surface area contributed by atoms with E-state index in [9.17, 15) is 31.2 Å². The molecule has 0 aromatic heterocycles. The predicted octanol–water partition coefficient (Wildman–Crippen LogP) is 5.70. The summed E-state index contributed by atoms with van der Waals surface area (Å²) < 4.78 is 67.5. The van der Waals surface area contributed by atoms with E-state index >= 15 is 0 Å². The molecule has 0 saturated carbocycles. The number of halogens is 5. The molecule has 1 aliphatic carbocycles. The average molecular weight is 645 g/mol. The van der Waals surface area contributed by atoms with Gasteiger partial charge in [0.05, 0.1) is 16.2 Å². The van der Waals surface area contributed by atoms with Gasteiger partial charge >= 0.3 is 6.18 Å². The van der Waals surface area contributed by atoms with Gasteiger partial charge < -0.3 is 10.6 Å². The SMILES string of the molecule is CCS(=O)(=O)c1ccc(Cl)cc1CNC(=O)c1cc(Cl)c(CN2CCC[C@H](NC(=O)C3=CC=CC3)C2)c(C(F)(F)F)c1. The van der Waals surface area contributed by atoms with Gasteiger partial charge in [-0.2, -0.15) is 13.2 Å². The number of hydrogen-bond acceptors (Lipinski definition) is 5. The fourth-order valence-electron chi connectivity index (χ4n) is 5.04. The molecule has 226 valence electrons. The van der Waals surface area contributed by atoms with Gasteiger partial charge in [-0.05, 0) is 67.3 Å². The summed E-state index contributed by atoms with van der Waals surface area (Å²) >= 11 is 12.4. The van der Waals surface area contributed by atoms with E-state index in [2.05, 4.69) is 10.6 Å². The zero-order valence-corrected chi connectivity index (χ0v) is 25.1. The third kappa shape index (κ3) is 7.75. The topological polar surface area (TPSA) is 95.6 Å². The number of nitrogens with zero attached hydrogens (tertiary/aromatic N) is 1. The summed E-state index contributed by atoms with van der Waals surface area (Å²) in [5, 5.41) is 5.47. The number of sulfone groups is 1. The van der Waals surface area contributed by atoms with Crippen molar-refractivity contribution in [2.24, 2.45) is 0 Å². The molecule has 1 atom stereocenters. The highest BCUT2D eigenvalue weighted by Gasteiger charge is 2.36. The van der Waals surface area contributed by atoms with E-state index in [4.69, 9.17) is 23.2 Å². The van der Waals surface area contributed by atoms with Crippen LogP contribution in [0.1, 0.15) is 53.2 Å². The van der Waals surface area contributed by atoms with E-state index in [1.54, 1.807) is 17.1 Å². The van der Waals surface area contributed by atoms with E-state index in [0.717, 1.165) is 6.07 Å². The van der Waals surface area contributed by atoms with Crippen molar-refractivity contribution in [1.82, 2.24) is 15.5 Å². The molecule has 2 amide bonds. The summed E-state index contributed by atoms with van der Waals surface area (Å²) in [4.78, 5) is 27.2. The molecule has 2 aromatic rings. The third-order valence-corrected chi connectivity index (χ3v) is 9.63. The van der Waals surface area contributed by atoms with Crippen LogP contribution >= 0.6 is 23.2 Å². The Morgan fingerprint density at radius 2 is 1.88 bits per heavy atom. The van der Waals surface area contributed by atoms with Crippen molar-refractivity contribution in [3.05, 3.63) is 86.4 Å². The van der Waals surface area contributed by atoms with Crippen LogP contribution in [0.3, 0.4) is 0 Å². The van der Waals surface area contributed by atoms with Gasteiger partial charge in [0.1, 0.15) is 0 Å². The molecule has 0 spiro atoms. The average Bonchev–Trinajstić information content (AvgIpc) is 3.47.